The summed E-state index contributed by atoms with van der Waals surface area (Å²) >= 11 is 0. The molecule has 0 atom stereocenters. The predicted octanol–water partition coefficient (Wildman–Crippen LogP) is 2.91. The Morgan fingerprint density at radius 2 is 2.21 bits per heavy atom. The van der Waals surface area contributed by atoms with Crippen LogP contribution < -0.4 is 0 Å². The molecule has 0 unspecified atom stereocenters. The number of rotatable bonds is 5. The Morgan fingerprint density at radius 1 is 1.47 bits per heavy atom. The van der Waals surface area contributed by atoms with Gasteiger partial charge in [-0.3, -0.25) is 4.98 Å². The molecule has 0 N–H and O–H groups in total. The van der Waals surface area contributed by atoms with Crippen molar-refractivity contribution in [2.75, 3.05) is 13.6 Å². The maximum atomic E-state index is 11.5. The molecule has 0 saturated heterocycles. The maximum Gasteiger partial charge on any atom is 0.127 e. The quantitative estimate of drug-likeness (QED) is 0.763. The van der Waals surface area contributed by atoms with Gasteiger partial charge < -0.3 is 9.69 Å². The number of hydrogen-bond donors (Lipinski definition) is 0. The number of aromatic nitrogens is 1. The molecule has 1 aliphatic carbocycles. The zero-order chi connectivity index (χ0) is 13.7. The van der Waals surface area contributed by atoms with Gasteiger partial charge in [0, 0.05) is 30.9 Å². The largest absolute Gasteiger partial charge is 0.303 e. The summed E-state index contributed by atoms with van der Waals surface area (Å²) in [5.41, 5.74) is 1.08. The van der Waals surface area contributed by atoms with Crippen LogP contribution in [0.4, 0.5) is 0 Å². The van der Waals surface area contributed by atoms with Crippen LogP contribution >= 0.6 is 0 Å². The van der Waals surface area contributed by atoms with Gasteiger partial charge in [0.25, 0.3) is 0 Å². The van der Waals surface area contributed by atoms with Crippen LogP contribution in [0.5, 0.6) is 0 Å². The Balaban J connectivity index is 1.93. The lowest BCUT2D eigenvalue weighted by atomic mass is 9.71. The first-order chi connectivity index (χ1) is 9.13. The SMILES string of the molecule is CC1CCC(C=O)(CN(C)Cc2cccnc2)CC1. The minimum Gasteiger partial charge on any atom is -0.303 e. The third-order valence-electron chi connectivity index (χ3n) is 4.28. The van der Waals surface area contributed by atoms with E-state index in [-0.39, 0.29) is 5.41 Å². The van der Waals surface area contributed by atoms with E-state index in [9.17, 15) is 4.79 Å². The molecule has 104 valence electrons. The molecule has 0 bridgehead atoms. The molecule has 19 heavy (non-hydrogen) atoms. The summed E-state index contributed by atoms with van der Waals surface area (Å²) in [5, 5.41) is 0. The molecule has 0 aliphatic heterocycles. The van der Waals surface area contributed by atoms with E-state index >= 15 is 0 Å². The van der Waals surface area contributed by atoms with Gasteiger partial charge in [-0.1, -0.05) is 13.0 Å². The highest BCUT2D eigenvalue weighted by molar-refractivity contribution is 5.60. The molecule has 3 nitrogen and oxygen atoms in total. The van der Waals surface area contributed by atoms with E-state index in [1.807, 2.05) is 12.3 Å². The zero-order valence-corrected chi connectivity index (χ0v) is 12.0. The van der Waals surface area contributed by atoms with Crippen LogP contribution in [0.3, 0.4) is 0 Å². The summed E-state index contributed by atoms with van der Waals surface area (Å²) in [4.78, 5) is 17.9. The topological polar surface area (TPSA) is 33.2 Å². The van der Waals surface area contributed by atoms with E-state index in [1.165, 1.54) is 24.7 Å². The van der Waals surface area contributed by atoms with Crippen molar-refractivity contribution in [3.8, 4) is 0 Å². The molecular formula is C16H24N2O. The van der Waals surface area contributed by atoms with Crippen LogP contribution in [0, 0.1) is 11.3 Å². The second-order valence-corrected chi connectivity index (χ2v) is 6.20. The van der Waals surface area contributed by atoms with Gasteiger partial charge in [0.15, 0.2) is 0 Å². The maximum absolute atomic E-state index is 11.5. The normalized spacial score (nSPS) is 27.4. The molecule has 0 amide bonds. The first-order valence-corrected chi connectivity index (χ1v) is 7.17. The van der Waals surface area contributed by atoms with Crippen molar-refractivity contribution in [1.82, 2.24) is 9.88 Å². The summed E-state index contributed by atoms with van der Waals surface area (Å²) in [5.74, 6) is 0.775. The van der Waals surface area contributed by atoms with Gasteiger partial charge in [0.05, 0.1) is 0 Å². The molecule has 1 fully saturated rings. The van der Waals surface area contributed by atoms with Crippen molar-refractivity contribution in [1.29, 1.82) is 0 Å². The third-order valence-corrected chi connectivity index (χ3v) is 4.28. The number of nitrogens with zero attached hydrogens (tertiary/aromatic N) is 2. The van der Waals surface area contributed by atoms with Crippen LogP contribution in [0.2, 0.25) is 0 Å². The lowest BCUT2D eigenvalue weighted by Gasteiger charge is -2.37. The number of carbonyl (C=O) groups excluding carboxylic acids is 1. The predicted molar refractivity (Wildman–Crippen MR) is 76.7 cm³/mol. The third kappa shape index (κ3) is 3.87. The van der Waals surface area contributed by atoms with Crippen LogP contribution in [0.15, 0.2) is 24.5 Å². The lowest BCUT2D eigenvalue weighted by Crippen LogP contribution is -2.39. The summed E-state index contributed by atoms with van der Waals surface area (Å²) in [6.45, 7) is 4.01. The second kappa shape index (κ2) is 6.29. The molecule has 0 aromatic carbocycles. The summed E-state index contributed by atoms with van der Waals surface area (Å²) < 4.78 is 0. The van der Waals surface area contributed by atoms with Gasteiger partial charge in [-0.05, 0) is 50.3 Å². The number of aldehydes is 1. The van der Waals surface area contributed by atoms with Gasteiger partial charge in [-0.15, -0.1) is 0 Å². The van der Waals surface area contributed by atoms with Gasteiger partial charge in [-0.2, -0.15) is 0 Å². The second-order valence-electron chi connectivity index (χ2n) is 6.20. The molecule has 1 saturated carbocycles. The smallest absolute Gasteiger partial charge is 0.127 e. The van der Waals surface area contributed by atoms with E-state index in [4.69, 9.17) is 0 Å². The molecular weight excluding hydrogens is 236 g/mol. The fraction of sp³-hybridized carbons (Fsp3) is 0.625. The molecule has 0 radical (unpaired) electrons. The molecule has 1 aromatic rings. The first-order valence-electron chi connectivity index (χ1n) is 7.17. The van der Waals surface area contributed by atoms with Crippen LogP contribution in [-0.2, 0) is 11.3 Å². The Kier molecular flexibility index (Phi) is 4.70. The van der Waals surface area contributed by atoms with E-state index in [0.717, 1.165) is 31.8 Å². The van der Waals surface area contributed by atoms with Gasteiger partial charge in [0.2, 0.25) is 0 Å². The Labute approximate surface area is 116 Å². The minimum atomic E-state index is -0.122. The van der Waals surface area contributed by atoms with Gasteiger partial charge >= 0.3 is 0 Å². The lowest BCUT2D eigenvalue weighted by molar-refractivity contribution is -0.119. The Morgan fingerprint density at radius 3 is 2.79 bits per heavy atom. The fourth-order valence-electron chi connectivity index (χ4n) is 3.05. The van der Waals surface area contributed by atoms with Crippen molar-refractivity contribution >= 4 is 6.29 Å². The van der Waals surface area contributed by atoms with E-state index in [1.54, 1.807) is 6.20 Å². The number of hydrogen-bond acceptors (Lipinski definition) is 3. The Bertz CT molecular complexity index is 396. The van der Waals surface area contributed by atoms with E-state index in [2.05, 4.69) is 29.9 Å². The average molecular weight is 260 g/mol. The van der Waals surface area contributed by atoms with Gasteiger partial charge in [0.1, 0.15) is 6.29 Å². The fourth-order valence-corrected chi connectivity index (χ4v) is 3.05. The number of pyridine rings is 1. The van der Waals surface area contributed by atoms with Crippen LogP contribution in [0.1, 0.15) is 38.2 Å². The molecule has 0 spiro atoms. The molecule has 2 rings (SSSR count). The molecule has 3 heteroatoms. The van der Waals surface area contributed by atoms with Crippen LogP contribution in [0.25, 0.3) is 0 Å². The molecule has 1 heterocycles. The monoisotopic (exact) mass is 260 g/mol. The van der Waals surface area contributed by atoms with E-state index in [0.29, 0.717) is 0 Å². The summed E-state index contributed by atoms with van der Waals surface area (Å²) in [6.07, 6.45) is 9.33. The van der Waals surface area contributed by atoms with Crippen molar-refractivity contribution in [2.24, 2.45) is 11.3 Å². The zero-order valence-electron chi connectivity index (χ0n) is 12.0. The highest BCUT2D eigenvalue weighted by atomic mass is 16.1. The molecule has 1 aromatic heterocycles. The van der Waals surface area contributed by atoms with E-state index < -0.39 is 0 Å². The van der Waals surface area contributed by atoms with Crippen LogP contribution in [-0.4, -0.2) is 29.8 Å². The van der Waals surface area contributed by atoms with Crippen molar-refractivity contribution < 1.29 is 4.79 Å². The number of carbonyl (C=O) groups is 1. The first kappa shape index (κ1) is 14.2. The Hall–Kier alpha value is -1.22. The molecule has 1 aliphatic rings. The van der Waals surface area contributed by atoms with Crippen molar-refractivity contribution in [2.45, 2.75) is 39.2 Å². The standard InChI is InChI=1S/C16H24N2O/c1-14-5-7-16(13-19,8-6-14)12-18(2)11-15-4-3-9-17-10-15/h3-4,9-10,13-14H,5-8,11-12H2,1-2H3. The summed E-state index contributed by atoms with van der Waals surface area (Å²) in [6, 6.07) is 4.04. The van der Waals surface area contributed by atoms with Gasteiger partial charge in [-0.25, -0.2) is 0 Å². The van der Waals surface area contributed by atoms with Crippen molar-refractivity contribution in [3.05, 3.63) is 30.1 Å². The average Bonchev–Trinajstić information content (AvgIpc) is 2.43. The summed E-state index contributed by atoms with van der Waals surface area (Å²) in [7, 11) is 2.09. The highest BCUT2D eigenvalue weighted by Crippen LogP contribution is 2.37. The highest BCUT2D eigenvalue weighted by Gasteiger charge is 2.34. The minimum absolute atomic E-state index is 0.122. The van der Waals surface area contributed by atoms with Crippen molar-refractivity contribution in [3.63, 3.8) is 0 Å².